The minimum atomic E-state index is -3.78. The molecule has 1 amide bonds. The molecule has 1 heterocycles. The first kappa shape index (κ1) is 20.9. The van der Waals surface area contributed by atoms with Gasteiger partial charge in [-0.05, 0) is 66.9 Å². The van der Waals surface area contributed by atoms with Crippen LogP contribution in [-0.2, 0) is 16.4 Å². The highest BCUT2D eigenvalue weighted by molar-refractivity contribution is 7.92. The maximum absolute atomic E-state index is 13.3. The fourth-order valence-corrected chi connectivity index (χ4v) is 4.97. The monoisotopic (exact) mass is 436 g/mol. The molecule has 0 radical (unpaired) electrons. The second-order valence-corrected chi connectivity index (χ2v) is 9.36. The van der Waals surface area contributed by atoms with Crippen molar-refractivity contribution in [1.29, 1.82) is 0 Å². The molecule has 0 saturated heterocycles. The summed E-state index contributed by atoms with van der Waals surface area (Å²) in [6.07, 6.45) is 1.84. The average Bonchev–Trinajstić information content (AvgIpc) is 2.82. The van der Waals surface area contributed by atoms with E-state index in [1.54, 1.807) is 41.3 Å². The number of fused-ring (bicyclic) bond motifs is 1. The minimum absolute atomic E-state index is 0.135. The summed E-state index contributed by atoms with van der Waals surface area (Å²) in [7, 11) is -0.768. The number of amides is 1. The number of hydrogen-bond acceptors (Lipinski definition) is 4. The quantitative estimate of drug-likeness (QED) is 0.604. The molecule has 3 aromatic carbocycles. The summed E-state index contributed by atoms with van der Waals surface area (Å²) in [6.45, 7) is 0.639. The second-order valence-electron chi connectivity index (χ2n) is 7.39. The summed E-state index contributed by atoms with van der Waals surface area (Å²) in [4.78, 5) is 15.2. The van der Waals surface area contributed by atoms with Gasteiger partial charge in [0, 0.05) is 24.8 Å². The van der Waals surface area contributed by atoms with Crippen LogP contribution in [0.4, 0.5) is 11.4 Å². The van der Waals surface area contributed by atoms with Crippen molar-refractivity contribution >= 4 is 27.3 Å². The van der Waals surface area contributed by atoms with Gasteiger partial charge < -0.3 is 9.64 Å². The highest BCUT2D eigenvalue weighted by Gasteiger charge is 2.25. The van der Waals surface area contributed by atoms with Crippen molar-refractivity contribution in [3.63, 3.8) is 0 Å². The Labute approximate surface area is 182 Å². The van der Waals surface area contributed by atoms with Crippen LogP contribution in [0.1, 0.15) is 22.3 Å². The Morgan fingerprint density at radius 2 is 1.74 bits per heavy atom. The summed E-state index contributed by atoms with van der Waals surface area (Å²) in [5, 5.41) is 0. The van der Waals surface area contributed by atoms with Crippen LogP contribution < -0.4 is 13.9 Å². The molecule has 0 atom stereocenters. The lowest BCUT2D eigenvalue weighted by Crippen LogP contribution is -2.35. The molecule has 160 valence electrons. The number of carbonyl (C=O) groups is 1. The lowest BCUT2D eigenvalue weighted by molar-refractivity contribution is 0.0985. The molecule has 0 saturated carbocycles. The number of sulfonamides is 1. The van der Waals surface area contributed by atoms with Crippen molar-refractivity contribution in [2.45, 2.75) is 17.7 Å². The van der Waals surface area contributed by atoms with Gasteiger partial charge in [-0.15, -0.1) is 0 Å². The van der Waals surface area contributed by atoms with Crippen molar-refractivity contribution in [2.75, 3.05) is 29.9 Å². The standard InChI is InChI=1S/C24H24N2O4S/c1-25(31(28,29)22-14-12-21(30-2)13-15-22)20-10-5-8-19(17-20)24(27)26-16-6-9-18-7-3-4-11-23(18)26/h3-5,7-8,10-15,17H,6,9,16H2,1-2H3. The molecule has 0 bridgehead atoms. The fourth-order valence-electron chi connectivity index (χ4n) is 3.78. The number of aryl methyl sites for hydroxylation is 1. The molecule has 0 aromatic heterocycles. The smallest absolute Gasteiger partial charge is 0.264 e. The zero-order chi connectivity index (χ0) is 22.0. The first-order valence-electron chi connectivity index (χ1n) is 10.0. The van der Waals surface area contributed by atoms with Gasteiger partial charge in [-0.3, -0.25) is 9.10 Å². The maximum atomic E-state index is 13.3. The zero-order valence-corrected chi connectivity index (χ0v) is 18.3. The topological polar surface area (TPSA) is 66.9 Å². The van der Waals surface area contributed by atoms with Crippen LogP contribution in [0.5, 0.6) is 5.75 Å². The van der Waals surface area contributed by atoms with E-state index in [-0.39, 0.29) is 10.8 Å². The number of methoxy groups -OCH3 is 1. The number of para-hydroxylation sites is 1. The van der Waals surface area contributed by atoms with Crippen LogP contribution in [0, 0.1) is 0 Å². The molecule has 0 N–H and O–H groups in total. The van der Waals surface area contributed by atoms with Crippen molar-refractivity contribution in [3.8, 4) is 5.75 Å². The highest BCUT2D eigenvalue weighted by atomic mass is 32.2. The average molecular weight is 437 g/mol. The summed E-state index contributed by atoms with van der Waals surface area (Å²) in [6, 6.07) is 20.9. The van der Waals surface area contributed by atoms with E-state index in [9.17, 15) is 13.2 Å². The Balaban J connectivity index is 1.63. The molecule has 4 rings (SSSR count). The number of rotatable bonds is 5. The van der Waals surface area contributed by atoms with Gasteiger partial charge in [0.25, 0.3) is 15.9 Å². The van der Waals surface area contributed by atoms with Gasteiger partial charge in [0.15, 0.2) is 0 Å². The van der Waals surface area contributed by atoms with Crippen molar-refractivity contribution in [2.24, 2.45) is 0 Å². The number of nitrogens with zero attached hydrogens (tertiary/aromatic N) is 2. The summed E-state index contributed by atoms with van der Waals surface area (Å²) >= 11 is 0. The third-order valence-electron chi connectivity index (χ3n) is 5.53. The lowest BCUT2D eigenvalue weighted by Gasteiger charge is -2.30. The molecular formula is C24H24N2O4S. The van der Waals surface area contributed by atoms with Gasteiger partial charge in [-0.2, -0.15) is 0 Å². The lowest BCUT2D eigenvalue weighted by atomic mass is 10.0. The predicted molar refractivity (Wildman–Crippen MR) is 121 cm³/mol. The number of anilines is 2. The first-order chi connectivity index (χ1) is 14.9. The van der Waals surface area contributed by atoms with Crippen LogP contribution in [0.3, 0.4) is 0 Å². The Hall–Kier alpha value is -3.32. The molecule has 7 heteroatoms. The molecule has 1 aliphatic heterocycles. The van der Waals surface area contributed by atoms with Gasteiger partial charge >= 0.3 is 0 Å². The van der Waals surface area contributed by atoms with Gasteiger partial charge in [-0.25, -0.2) is 8.42 Å². The van der Waals surface area contributed by atoms with Crippen LogP contribution in [0.2, 0.25) is 0 Å². The fraction of sp³-hybridized carbons (Fsp3) is 0.208. The van der Waals surface area contributed by atoms with Crippen LogP contribution in [0.15, 0.2) is 77.7 Å². The molecule has 0 unspecified atom stereocenters. The van der Waals surface area contributed by atoms with Gasteiger partial charge in [0.1, 0.15) is 5.75 Å². The molecule has 0 aliphatic carbocycles. The SMILES string of the molecule is COc1ccc(S(=O)(=O)N(C)c2cccc(C(=O)N3CCCc4ccccc43)c2)cc1. The van der Waals surface area contributed by atoms with Crippen LogP contribution >= 0.6 is 0 Å². The third-order valence-corrected chi connectivity index (χ3v) is 7.33. The van der Waals surface area contributed by atoms with Gasteiger partial charge in [-0.1, -0.05) is 24.3 Å². The van der Waals surface area contributed by atoms with Gasteiger partial charge in [0.2, 0.25) is 0 Å². The Morgan fingerprint density at radius 1 is 1.00 bits per heavy atom. The first-order valence-corrected chi connectivity index (χ1v) is 11.5. The Morgan fingerprint density at radius 3 is 2.48 bits per heavy atom. The molecule has 0 spiro atoms. The van der Waals surface area contributed by atoms with Gasteiger partial charge in [0.05, 0.1) is 17.7 Å². The van der Waals surface area contributed by atoms with Crippen molar-refractivity contribution in [3.05, 3.63) is 83.9 Å². The number of carbonyl (C=O) groups excluding carboxylic acids is 1. The Kier molecular flexibility index (Phi) is 5.69. The Bertz CT molecular complexity index is 1210. The van der Waals surface area contributed by atoms with E-state index in [1.807, 2.05) is 24.3 Å². The van der Waals surface area contributed by atoms with Crippen molar-refractivity contribution in [1.82, 2.24) is 0 Å². The third kappa shape index (κ3) is 4.01. The maximum Gasteiger partial charge on any atom is 0.264 e. The summed E-state index contributed by atoms with van der Waals surface area (Å²) in [5.74, 6) is 0.445. The molecule has 0 fully saturated rings. The van der Waals surface area contributed by atoms with E-state index in [1.165, 1.54) is 30.6 Å². The van der Waals surface area contributed by atoms with Crippen LogP contribution in [-0.4, -0.2) is 35.0 Å². The molecular weight excluding hydrogens is 412 g/mol. The molecule has 6 nitrogen and oxygen atoms in total. The number of benzene rings is 3. The van der Waals surface area contributed by atoms with E-state index in [2.05, 4.69) is 0 Å². The van der Waals surface area contributed by atoms with E-state index in [0.717, 1.165) is 24.1 Å². The molecule has 31 heavy (non-hydrogen) atoms. The minimum Gasteiger partial charge on any atom is -0.497 e. The molecule has 3 aromatic rings. The number of hydrogen-bond donors (Lipinski definition) is 0. The zero-order valence-electron chi connectivity index (χ0n) is 17.5. The summed E-state index contributed by atoms with van der Waals surface area (Å²) < 4.78 is 32.4. The predicted octanol–water partition coefficient (Wildman–Crippen LogP) is 4.11. The normalized spacial score (nSPS) is 13.4. The van der Waals surface area contributed by atoms with E-state index in [0.29, 0.717) is 23.5 Å². The van der Waals surface area contributed by atoms with E-state index in [4.69, 9.17) is 4.74 Å². The van der Waals surface area contributed by atoms with Crippen LogP contribution in [0.25, 0.3) is 0 Å². The highest BCUT2D eigenvalue weighted by Crippen LogP contribution is 2.29. The van der Waals surface area contributed by atoms with E-state index >= 15 is 0 Å². The summed E-state index contributed by atoms with van der Waals surface area (Å²) in [5.41, 5.74) is 2.94. The van der Waals surface area contributed by atoms with Crippen molar-refractivity contribution < 1.29 is 17.9 Å². The molecule has 1 aliphatic rings. The van der Waals surface area contributed by atoms with E-state index < -0.39 is 10.0 Å². The second kappa shape index (κ2) is 8.43. The number of ether oxygens (including phenoxy) is 1. The largest absolute Gasteiger partial charge is 0.497 e.